The van der Waals surface area contributed by atoms with Crippen LogP contribution in [0.25, 0.3) is 0 Å². The molecule has 2 atom stereocenters. The molecule has 0 rings (SSSR count). The first-order chi connectivity index (χ1) is 5.70. The number of nitrogens with one attached hydrogen (secondary N) is 1. The lowest BCUT2D eigenvalue weighted by molar-refractivity contribution is 0.582. The van der Waals surface area contributed by atoms with Crippen molar-refractivity contribution < 1.29 is 4.21 Å². The predicted molar refractivity (Wildman–Crippen MR) is 55.9 cm³/mol. The van der Waals surface area contributed by atoms with E-state index in [9.17, 15) is 4.21 Å². The lowest BCUT2D eigenvalue weighted by atomic mass is 10.3. The van der Waals surface area contributed by atoms with E-state index in [0.29, 0.717) is 6.04 Å². The molecule has 2 unspecified atom stereocenters. The van der Waals surface area contributed by atoms with Crippen LogP contribution in [0.4, 0.5) is 0 Å². The minimum Gasteiger partial charge on any atom is -0.313 e. The van der Waals surface area contributed by atoms with E-state index < -0.39 is 10.8 Å². The molecule has 0 bridgehead atoms. The molecule has 0 saturated heterocycles. The second-order valence-corrected chi connectivity index (χ2v) is 4.79. The van der Waals surface area contributed by atoms with E-state index >= 15 is 0 Å². The number of rotatable bonds is 7. The zero-order chi connectivity index (χ0) is 9.40. The molecule has 0 radical (unpaired) electrons. The molecule has 12 heavy (non-hydrogen) atoms. The fourth-order valence-electron chi connectivity index (χ4n) is 1.04. The summed E-state index contributed by atoms with van der Waals surface area (Å²) in [6.07, 6.45) is 2.16. The molecule has 0 aromatic heterocycles. The third-order valence-electron chi connectivity index (χ3n) is 1.61. The number of hydrogen-bond acceptors (Lipinski definition) is 2. The van der Waals surface area contributed by atoms with Crippen molar-refractivity contribution in [3.8, 4) is 0 Å². The van der Waals surface area contributed by atoms with Gasteiger partial charge in [-0.15, -0.1) is 0 Å². The predicted octanol–water partition coefficient (Wildman–Crippen LogP) is 1.53. The van der Waals surface area contributed by atoms with Crippen LogP contribution in [0, 0.1) is 0 Å². The Morgan fingerprint density at radius 2 is 2.00 bits per heavy atom. The molecule has 0 aliphatic rings. The molecule has 0 saturated carbocycles. The van der Waals surface area contributed by atoms with E-state index in [1.165, 1.54) is 0 Å². The van der Waals surface area contributed by atoms with Crippen molar-refractivity contribution >= 4 is 10.8 Å². The summed E-state index contributed by atoms with van der Waals surface area (Å²) >= 11 is 0. The minimum atomic E-state index is -0.616. The van der Waals surface area contributed by atoms with Crippen molar-refractivity contribution in [2.75, 3.05) is 18.1 Å². The first-order valence-corrected chi connectivity index (χ1v) is 6.27. The van der Waals surface area contributed by atoms with Gasteiger partial charge < -0.3 is 5.32 Å². The minimum absolute atomic E-state index is 0.400. The Hall–Kier alpha value is 0.110. The quantitative estimate of drug-likeness (QED) is 0.661. The Labute approximate surface area is 78.6 Å². The fourth-order valence-corrected chi connectivity index (χ4v) is 2.34. The highest BCUT2D eigenvalue weighted by Gasteiger charge is 2.04. The van der Waals surface area contributed by atoms with Crippen LogP contribution in [-0.4, -0.2) is 28.3 Å². The van der Waals surface area contributed by atoms with Gasteiger partial charge in [0.2, 0.25) is 0 Å². The van der Waals surface area contributed by atoms with Crippen LogP contribution in [0.5, 0.6) is 0 Å². The molecular formula is C9H21NOS. The Morgan fingerprint density at radius 3 is 2.50 bits per heavy atom. The van der Waals surface area contributed by atoms with E-state index in [2.05, 4.69) is 26.1 Å². The van der Waals surface area contributed by atoms with Crippen LogP contribution in [0.15, 0.2) is 0 Å². The van der Waals surface area contributed by atoms with E-state index in [0.717, 1.165) is 30.9 Å². The average molecular weight is 191 g/mol. The molecule has 3 heteroatoms. The van der Waals surface area contributed by atoms with Crippen LogP contribution in [0.2, 0.25) is 0 Å². The summed E-state index contributed by atoms with van der Waals surface area (Å²) in [5.41, 5.74) is 0. The highest BCUT2D eigenvalue weighted by molar-refractivity contribution is 7.85. The van der Waals surface area contributed by atoms with Crippen molar-refractivity contribution in [1.82, 2.24) is 5.32 Å². The Bertz CT molecular complexity index is 128. The van der Waals surface area contributed by atoms with E-state index in [1.807, 2.05) is 0 Å². The first kappa shape index (κ1) is 12.1. The summed E-state index contributed by atoms with van der Waals surface area (Å²) in [5.74, 6) is 1.64. The molecule has 0 aromatic rings. The zero-order valence-corrected chi connectivity index (χ0v) is 9.25. The van der Waals surface area contributed by atoms with Crippen molar-refractivity contribution in [1.29, 1.82) is 0 Å². The van der Waals surface area contributed by atoms with Gasteiger partial charge in [0.15, 0.2) is 0 Å². The normalized spacial score (nSPS) is 15.9. The maximum Gasteiger partial charge on any atom is 0.0386 e. The summed E-state index contributed by atoms with van der Waals surface area (Å²) < 4.78 is 11.3. The Morgan fingerprint density at radius 1 is 1.33 bits per heavy atom. The van der Waals surface area contributed by atoms with Crippen molar-refractivity contribution in [2.24, 2.45) is 0 Å². The molecule has 0 aliphatic heterocycles. The Balaban J connectivity index is 3.40. The zero-order valence-electron chi connectivity index (χ0n) is 8.43. The summed E-state index contributed by atoms with van der Waals surface area (Å²) in [5, 5.41) is 3.33. The smallest absolute Gasteiger partial charge is 0.0386 e. The Kier molecular flexibility index (Phi) is 7.81. The van der Waals surface area contributed by atoms with E-state index in [-0.39, 0.29) is 0 Å². The van der Waals surface area contributed by atoms with Gasteiger partial charge in [0.1, 0.15) is 0 Å². The largest absolute Gasteiger partial charge is 0.313 e. The molecule has 2 nitrogen and oxygen atoms in total. The van der Waals surface area contributed by atoms with Gasteiger partial charge >= 0.3 is 0 Å². The van der Waals surface area contributed by atoms with Gasteiger partial charge in [-0.3, -0.25) is 4.21 Å². The van der Waals surface area contributed by atoms with Crippen molar-refractivity contribution in [2.45, 2.75) is 39.7 Å². The maximum atomic E-state index is 11.3. The molecule has 0 amide bonds. The van der Waals surface area contributed by atoms with Crippen molar-refractivity contribution in [3.63, 3.8) is 0 Å². The van der Waals surface area contributed by atoms with Gasteiger partial charge in [-0.1, -0.05) is 13.8 Å². The lowest BCUT2D eigenvalue weighted by Crippen LogP contribution is -2.32. The summed E-state index contributed by atoms with van der Waals surface area (Å²) in [4.78, 5) is 0. The molecule has 0 aliphatic carbocycles. The van der Waals surface area contributed by atoms with Crippen LogP contribution in [0.3, 0.4) is 0 Å². The summed E-state index contributed by atoms with van der Waals surface area (Å²) in [6, 6.07) is 0.400. The third-order valence-corrected chi connectivity index (χ3v) is 3.35. The molecule has 0 aromatic carbocycles. The van der Waals surface area contributed by atoms with E-state index in [4.69, 9.17) is 0 Å². The second kappa shape index (κ2) is 7.74. The average Bonchev–Trinajstić information content (AvgIpc) is 2.01. The van der Waals surface area contributed by atoms with Gasteiger partial charge in [-0.25, -0.2) is 0 Å². The van der Waals surface area contributed by atoms with Gasteiger partial charge in [-0.05, 0) is 26.3 Å². The number of hydrogen-bond donors (Lipinski definition) is 1. The lowest BCUT2D eigenvalue weighted by Gasteiger charge is -2.11. The third kappa shape index (κ3) is 6.80. The van der Waals surface area contributed by atoms with Gasteiger partial charge in [0.25, 0.3) is 0 Å². The molecule has 1 N–H and O–H groups in total. The first-order valence-electron chi connectivity index (χ1n) is 4.79. The second-order valence-electron chi connectivity index (χ2n) is 3.17. The van der Waals surface area contributed by atoms with Crippen LogP contribution < -0.4 is 5.32 Å². The molecule has 0 spiro atoms. The van der Waals surface area contributed by atoms with Crippen molar-refractivity contribution in [3.05, 3.63) is 0 Å². The van der Waals surface area contributed by atoms with Gasteiger partial charge in [-0.2, -0.15) is 0 Å². The highest BCUT2D eigenvalue weighted by Crippen LogP contribution is 1.91. The van der Waals surface area contributed by atoms with E-state index in [1.54, 1.807) is 0 Å². The van der Waals surface area contributed by atoms with Crippen LogP contribution in [0.1, 0.15) is 33.6 Å². The molecule has 74 valence electrons. The SMILES string of the molecule is CCCNC(C)CS(=O)CCC. The van der Waals surface area contributed by atoms with Gasteiger partial charge in [0.05, 0.1) is 0 Å². The van der Waals surface area contributed by atoms with Crippen LogP contribution in [-0.2, 0) is 10.8 Å². The fraction of sp³-hybridized carbons (Fsp3) is 1.00. The molecule has 0 fully saturated rings. The van der Waals surface area contributed by atoms with Gasteiger partial charge in [0, 0.05) is 28.3 Å². The summed E-state index contributed by atoms with van der Waals surface area (Å²) in [6.45, 7) is 7.35. The monoisotopic (exact) mass is 191 g/mol. The molecule has 0 heterocycles. The highest BCUT2D eigenvalue weighted by atomic mass is 32.2. The molecular weight excluding hydrogens is 170 g/mol. The topological polar surface area (TPSA) is 29.1 Å². The summed E-state index contributed by atoms with van der Waals surface area (Å²) in [7, 11) is -0.616. The van der Waals surface area contributed by atoms with Crippen LogP contribution >= 0.6 is 0 Å². The maximum absolute atomic E-state index is 11.3. The standard InChI is InChI=1S/C9H21NOS/c1-4-6-10-9(3)8-12(11)7-5-2/h9-10H,4-8H2,1-3H3.